The molecule has 3 aromatic carbocycles. The zero-order chi connectivity index (χ0) is 30.5. The first-order chi connectivity index (χ1) is 20.0. The summed E-state index contributed by atoms with van der Waals surface area (Å²) in [6.45, 7) is 4.46. The number of ether oxygens (including phenoxy) is 2. The summed E-state index contributed by atoms with van der Waals surface area (Å²) in [5, 5.41) is 14.8. The van der Waals surface area contributed by atoms with E-state index in [9.17, 15) is 19.2 Å². The molecule has 0 bridgehead atoms. The summed E-state index contributed by atoms with van der Waals surface area (Å²) in [5.41, 5.74) is 2.97. The van der Waals surface area contributed by atoms with E-state index in [0.29, 0.717) is 0 Å². The summed E-state index contributed by atoms with van der Waals surface area (Å²) in [4.78, 5) is 49.6. The predicted molar refractivity (Wildman–Crippen MR) is 158 cm³/mol. The molecule has 1 amide bonds. The summed E-state index contributed by atoms with van der Waals surface area (Å²) in [5.74, 6) is -2.69. The summed E-state index contributed by atoms with van der Waals surface area (Å²) in [6.07, 6.45) is 0.201. The van der Waals surface area contributed by atoms with Crippen LogP contribution >= 0.6 is 0 Å². The second-order valence-electron chi connectivity index (χ2n) is 10.9. The number of nitrogens with one attached hydrogen (secondary N) is 2. The molecule has 3 aromatic rings. The van der Waals surface area contributed by atoms with Crippen LogP contribution in [0.15, 0.2) is 84.9 Å². The van der Waals surface area contributed by atoms with E-state index in [1.807, 2.05) is 84.9 Å². The Morgan fingerprint density at radius 1 is 0.738 bits per heavy atom. The van der Waals surface area contributed by atoms with E-state index in [1.54, 1.807) is 20.8 Å². The van der Waals surface area contributed by atoms with Crippen LogP contribution in [0.2, 0.25) is 0 Å². The fourth-order valence-corrected chi connectivity index (χ4v) is 4.10. The van der Waals surface area contributed by atoms with E-state index >= 15 is 0 Å². The molecule has 0 heterocycles. The molecule has 2 atom stereocenters. The maximum atomic E-state index is 13.3. The molecule has 0 saturated heterocycles. The second-order valence-corrected chi connectivity index (χ2v) is 10.9. The molecule has 0 aliphatic heterocycles. The molecule has 0 aliphatic carbocycles. The van der Waals surface area contributed by atoms with Gasteiger partial charge in [-0.3, -0.25) is 24.5 Å². The highest BCUT2D eigenvalue weighted by atomic mass is 16.7. The van der Waals surface area contributed by atoms with Gasteiger partial charge in [0.25, 0.3) is 0 Å². The van der Waals surface area contributed by atoms with Gasteiger partial charge in [-0.1, -0.05) is 84.9 Å². The topological polar surface area (TPSA) is 131 Å². The lowest BCUT2D eigenvalue weighted by atomic mass is 9.98. The van der Waals surface area contributed by atoms with Crippen molar-refractivity contribution in [3.63, 3.8) is 0 Å². The van der Waals surface area contributed by atoms with Gasteiger partial charge in [-0.15, -0.1) is 0 Å². The van der Waals surface area contributed by atoms with Crippen molar-refractivity contribution in [1.29, 1.82) is 0 Å². The second kappa shape index (κ2) is 15.5. The highest BCUT2D eigenvalue weighted by molar-refractivity contribution is 5.84. The normalized spacial score (nSPS) is 12.5. The molecule has 0 spiro atoms. The first-order valence-electron chi connectivity index (χ1n) is 13.8. The maximum absolute atomic E-state index is 13.3. The molecule has 9 heteroatoms. The van der Waals surface area contributed by atoms with Crippen LogP contribution in [0.25, 0.3) is 11.1 Å². The summed E-state index contributed by atoms with van der Waals surface area (Å²) in [6, 6.07) is 25.0. The number of carbonyl (C=O) groups excluding carboxylic acids is 3. The molecule has 0 fully saturated rings. The van der Waals surface area contributed by atoms with Crippen molar-refractivity contribution in [3.05, 3.63) is 96.1 Å². The van der Waals surface area contributed by atoms with Gasteiger partial charge in [0.05, 0.1) is 17.9 Å². The van der Waals surface area contributed by atoms with Crippen molar-refractivity contribution in [3.8, 4) is 11.1 Å². The molecule has 3 N–H and O–H groups in total. The number of benzene rings is 3. The largest absolute Gasteiger partial charge is 0.481 e. The van der Waals surface area contributed by atoms with Gasteiger partial charge in [-0.2, -0.15) is 0 Å². The predicted octanol–water partition coefficient (Wildman–Crippen LogP) is 4.15. The summed E-state index contributed by atoms with van der Waals surface area (Å²) in [7, 11) is 0. The number of rotatable bonds is 14. The highest BCUT2D eigenvalue weighted by Crippen LogP contribution is 2.20. The number of carboxylic acid groups (broad SMARTS) is 1. The minimum Gasteiger partial charge on any atom is -0.481 e. The summed E-state index contributed by atoms with van der Waals surface area (Å²) >= 11 is 0. The standard InChI is InChI=1S/C33H38N2O7/c1-33(2,3)32(40)42-22-41-31(39)28(21-24-14-16-26(17-15-24)25-12-8-5-9-13-25)35-27(20-23-10-6-4-7-11-23)30(38)34-19-18-29(36)37/h4-17,27-28,35H,18-22H2,1-3H3,(H,34,38)(H,36,37)/t27-,28?/m0/s1. The van der Waals surface area contributed by atoms with Crippen LogP contribution in [0.1, 0.15) is 38.3 Å². The quantitative estimate of drug-likeness (QED) is 0.193. The first kappa shape index (κ1) is 32.0. The van der Waals surface area contributed by atoms with Crippen molar-refractivity contribution in [2.24, 2.45) is 5.41 Å². The van der Waals surface area contributed by atoms with Gasteiger partial charge < -0.3 is 19.9 Å². The number of carbonyl (C=O) groups is 4. The van der Waals surface area contributed by atoms with Gasteiger partial charge >= 0.3 is 17.9 Å². The molecule has 42 heavy (non-hydrogen) atoms. The number of amides is 1. The van der Waals surface area contributed by atoms with Gasteiger partial charge in [-0.25, -0.2) is 0 Å². The number of hydrogen-bond donors (Lipinski definition) is 3. The van der Waals surface area contributed by atoms with Gasteiger partial charge in [0.1, 0.15) is 6.04 Å². The molecule has 0 aliphatic rings. The third-order valence-corrected chi connectivity index (χ3v) is 6.43. The molecule has 222 valence electrons. The van der Waals surface area contributed by atoms with E-state index in [2.05, 4.69) is 10.6 Å². The summed E-state index contributed by atoms with van der Waals surface area (Å²) < 4.78 is 10.4. The molecule has 0 radical (unpaired) electrons. The van der Waals surface area contributed by atoms with Gasteiger partial charge in [0, 0.05) is 6.54 Å². The molecule has 0 saturated carbocycles. The molecular weight excluding hydrogens is 536 g/mol. The molecular formula is C33H38N2O7. The van der Waals surface area contributed by atoms with Crippen molar-refractivity contribution in [1.82, 2.24) is 10.6 Å². The Labute approximate surface area is 246 Å². The van der Waals surface area contributed by atoms with Crippen LogP contribution in [0.3, 0.4) is 0 Å². The zero-order valence-electron chi connectivity index (χ0n) is 24.2. The molecule has 0 aromatic heterocycles. The number of hydrogen-bond acceptors (Lipinski definition) is 7. The Bertz CT molecular complexity index is 1320. The van der Waals surface area contributed by atoms with E-state index in [4.69, 9.17) is 14.6 Å². The third kappa shape index (κ3) is 10.5. The van der Waals surface area contributed by atoms with Crippen molar-refractivity contribution in [2.75, 3.05) is 13.3 Å². The van der Waals surface area contributed by atoms with Crippen LogP contribution in [-0.2, 0) is 41.5 Å². The Morgan fingerprint density at radius 2 is 1.29 bits per heavy atom. The Balaban J connectivity index is 1.81. The maximum Gasteiger partial charge on any atom is 0.326 e. The highest BCUT2D eigenvalue weighted by Gasteiger charge is 2.29. The Morgan fingerprint density at radius 3 is 1.88 bits per heavy atom. The molecule has 1 unspecified atom stereocenters. The zero-order valence-corrected chi connectivity index (χ0v) is 24.2. The first-order valence-corrected chi connectivity index (χ1v) is 13.8. The van der Waals surface area contributed by atoms with Crippen molar-refractivity contribution >= 4 is 23.8 Å². The van der Waals surface area contributed by atoms with Crippen LogP contribution in [-0.4, -0.2) is 54.3 Å². The van der Waals surface area contributed by atoms with Crippen LogP contribution in [0.5, 0.6) is 0 Å². The van der Waals surface area contributed by atoms with Gasteiger partial charge in [0.2, 0.25) is 12.7 Å². The van der Waals surface area contributed by atoms with Crippen LogP contribution in [0.4, 0.5) is 0 Å². The monoisotopic (exact) mass is 574 g/mol. The lowest BCUT2D eigenvalue weighted by Crippen LogP contribution is -2.53. The fourth-order valence-electron chi connectivity index (χ4n) is 4.10. The third-order valence-electron chi connectivity index (χ3n) is 6.43. The van der Waals surface area contributed by atoms with Gasteiger partial charge in [-0.05, 0) is 55.9 Å². The van der Waals surface area contributed by atoms with E-state index < -0.39 is 48.1 Å². The number of esters is 2. The Hall–Kier alpha value is -4.50. The number of aliphatic carboxylic acids is 1. The fraction of sp³-hybridized carbons (Fsp3) is 0.333. The van der Waals surface area contributed by atoms with Gasteiger partial charge in [0.15, 0.2) is 0 Å². The lowest BCUT2D eigenvalue weighted by Gasteiger charge is -2.25. The lowest BCUT2D eigenvalue weighted by molar-refractivity contribution is -0.174. The Kier molecular flexibility index (Phi) is 11.8. The SMILES string of the molecule is CC(C)(C)C(=O)OCOC(=O)C(Cc1ccc(-c2ccccc2)cc1)N[C@@H](Cc1ccccc1)C(=O)NCCC(=O)O. The molecule has 9 nitrogen and oxygen atoms in total. The average Bonchev–Trinajstić information content (AvgIpc) is 2.97. The minimum absolute atomic E-state index is 0.0556. The van der Waals surface area contributed by atoms with Crippen LogP contribution < -0.4 is 10.6 Å². The average molecular weight is 575 g/mol. The minimum atomic E-state index is -1.03. The van der Waals surface area contributed by atoms with E-state index in [-0.39, 0.29) is 25.8 Å². The van der Waals surface area contributed by atoms with Crippen molar-refractivity contribution in [2.45, 2.75) is 52.1 Å². The molecule has 3 rings (SSSR count). The smallest absolute Gasteiger partial charge is 0.326 e. The van der Waals surface area contributed by atoms with E-state index in [0.717, 1.165) is 22.3 Å². The number of carboxylic acids is 1. The van der Waals surface area contributed by atoms with E-state index in [1.165, 1.54) is 0 Å². The van der Waals surface area contributed by atoms with Crippen LogP contribution in [0, 0.1) is 5.41 Å². The van der Waals surface area contributed by atoms with Crippen molar-refractivity contribution < 1.29 is 33.8 Å².